The molecule has 0 saturated carbocycles. The third-order valence-electron chi connectivity index (χ3n) is 5.81. The van der Waals surface area contributed by atoms with E-state index in [0.717, 1.165) is 28.7 Å². The molecule has 3 heterocycles. The number of aliphatic carboxylic acids is 1. The van der Waals surface area contributed by atoms with Crippen LogP contribution < -0.4 is 11.1 Å². The summed E-state index contributed by atoms with van der Waals surface area (Å²) in [6, 6.07) is 10.5. The Hall–Kier alpha value is -3.90. The van der Waals surface area contributed by atoms with E-state index in [4.69, 9.17) is 27.2 Å². The molecule has 0 unspecified atom stereocenters. The number of carbonyl (C=O) groups excluding carboxylic acids is 2. The fourth-order valence-corrected chi connectivity index (χ4v) is 4.11. The van der Waals surface area contributed by atoms with Gasteiger partial charge in [-0.1, -0.05) is 23.7 Å². The average Bonchev–Trinajstić information content (AvgIpc) is 3.58. The number of nitrogens with one attached hydrogen (secondary N) is 2. The largest absolute Gasteiger partial charge is 0.490 e. The Labute approximate surface area is 220 Å². The average molecular weight is 552 g/mol. The summed E-state index contributed by atoms with van der Waals surface area (Å²) in [5.41, 5.74) is 9.85. The molecule has 1 aromatic carbocycles. The van der Waals surface area contributed by atoms with E-state index in [1.165, 1.54) is 0 Å². The maximum Gasteiger partial charge on any atom is 0.490 e. The first-order chi connectivity index (χ1) is 18.0. The summed E-state index contributed by atoms with van der Waals surface area (Å²) in [6.45, 7) is 1.23. The van der Waals surface area contributed by atoms with Crippen LogP contribution in [-0.4, -0.2) is 56.5 Å². The highest BCUT2D eigenvalue weighted by atomic mass is 35.5. The molecule has 1 atom stereocenters. The molecule has 2 amide bonds. The summed E-state index contributed by atoms with van der Waals surface area (Å²) in [4.78, 5) is 43.7. The van der Waals surface area contributed by atoms with Crippen LogP contribution in [0.2, 0.25) is 5.02 Å². The number of aromatic nitrogens is 2. The number of hydrogen-bond donors (Lipinski definition) is 4. The molecule has 0 aliphatic carbocycles. The van der Waals surface area contributed by atoms with Crippen molar-refractivity contribution in [3.63, 3.8) is 0 Å². The van der Waals surface area contributed by atoms with Gasteiger partial charge in [0, 0.05) is 54.4 Å². The third-order valence-corrected chi connectivity index (χ3v) is 6.04. The molecule has 0 spiro atoms. The molecule has 0 bridgehead atoms. The van der Waals surface area contributed by atoms with E-state index >= 15 is 0 Å². The highest BCUT2D eigenvalue weighted by molar-refractivity contribution is 6.30. The number of likely N-dealkylation sites (tertiary alicyclic amines) is 1. The summed E-state index contributed by atoms with van der Waals surface area (Å²) in [7, 11) is 0. The topological polar surface area (TPSA) is 141 Å². The number of aromatic amines is 1. The molecular formula is C25H25ClF3N5O4. The van der Waals surface area contributed by atoms with Crippen LogP contribution in [-0.2, 0) is 22.7 Å². The quantitative estimate of drug-likeness (QED) is 0.368. The van der Waals surface area contributed by atoms with Gasteiger partial charge in [-0.05, 0) is 48.2 Å². The number of nitrogens with two attached hydrogens (primary N) is 1. The number of carboxylic acid groups (broad SMARTS) is 1. The number of pyridine rings is 1. The lowest BCUT2D eigenvalue weighted by Crippen LogP contribution is -2.45. The highest BCUT2D eigenvalue weighted by Gasteiger charge is 2.38. The number of hydrogen-bond acceptors (Lipinski definition) is 5. The van der Waals surface area contributed by atoms with Crippen LogP contribution >= 0.6 is 11.6 Å². The lowest BCUT2D eigenvalue weighted by molar-refractivity contribution is -0.192. The van der Waals surface area contributed by atoms with Crippen molar-refractivity contribution >= 4 is 29.4 Å². The predicted molar refractivity (Wildman–Crippen MR) is 133 cm³/mol. The van der Waals surface area contributed by atoms with Gasteiger partial charge in [0.1, 0.15) is 11.7 Å². The molecule has 202 valence electrons. The Balaban J connectivity index is 0.000000505. The fourth-order valence-electron chi connectivity index (χ4n) is 3.91. The van der Waals surface area contributed by atoms with Gasteiger partial charge in [-0.25, -0.2) is 4.79 Å². The maximum absolute atomic E-state index is 13.1. The number of carboxylic acids is 1. The number of alkyl halides is 3. The van der Waals surface area contributed by atoms with E-state index in [1.807, 2.05) is 18.2 Å². The van der Waals surface area contributed by atoms with Crippen molar-refractivity contribution in [3.05, 3.63) is 76.8 Å². The smallest absolute Gasteiger partial charge is 0.475 e. The van der Waals surface area contributed by atoms with Gasteiger partial charge in [0.15, 0.2) is 0 Å². The lowest BCUT2D eigenvalue weighted by atomic mass is 10.1. The molecule has 3 aromatic rings. The minimum absolute atomic E-state index is 0.173. The molecule has 38 heavy (non-hydrogen) atoms. The summed E-state index contributed by atoms with van der Waals surface area (Å²) in [5.74, 6) is -3.11. The number of H-pyrrole nitrogens is 1. The van der Waals surface area contributed by atoms with E-state index in [-0.39, 0.29) is 11.8 Å². The molecular weight excluding hydrogens is 527 g/mol. The first-order valence-electron chi connectivity index (χ1n) is 11.5. The minimum Gasteiger partial charge on any atom is -0.475 e. The Morgan fingerprint density at radius 2 is 1.92 bits per heavy atom. The molecule has 13 heteroatoms. The summed E-state index contributed by atoms with van der Waals surface area (Å²) in [5, 5.41) is 10.7. The van der Waals surface area contributed by atoms with Crippen molar-refractivity contribution in [3.8, 4) is 11.1 Å². The van der Waals surface area contributed by atoms with E-state index in [2.05, 4.69) is 15.3 Å². The highest BCUT2D eigenvalue weighted by Crippen LogP contribution is 2.24. The molecule has 9 nitrogen and oxygen atoms in total. The third kappa shape index (κ3) is 7.33. The molecule has 4 rings (SSSR count). The van der Waals surface area contributed by atoms with Crippen LogP contribution in [0.15, 0.2) is 55.0 Å². The van der Waals surface area contributed by atoms with Crippen molar-refractivity contribution in [2.75, 3.05) is 6.54 Å². The van der Waals surface area contributed by atoms with Crippen LogP contribution in [0.1, 0.15) is 34.5 Å². The summed E-state index contributed by atoms with van der Waals surface area (Å²) < 4.78 is 31.7. The van der Waals surface area contributed by atoms with Gasteiger partial charge < -0.3 is 26.0 Å². The molecule has 1 aliphatic heterocycles. The zero-order chi connectivity index (χ0) is 27.9. The number of benzene rings is 1. The van der Waals surface area contributed by atoms with Crippen molar-refractivity contribution < 1.29 is 32.7 Å². The van der Waals surface area contributed by atoms with Crippen LogP contribution in [0, 0.1) is 0 Å². The standard InChI is InChI=1S/C23H24ClN5O2.C2HF3O2/c24-19-6-5-15(11-25)17(9-19)14-28-22(30)21-4-2-8-29(21)23(31)20-10-18(13-27-20)16-3-1-7-26-12-16;3-2(4,5)1(6)7/h1,3,5-7,9-10,12-13,21,27H,2,4,8,11,14,25H2,(H,28,30);(H,6,7)/t21-;/m0./s1. The number of nitrogens with zero attached hydrogens (tertiary/aromatic N) is 2. The van der Waals surface area contributed by atoms with Crippen molar-refractivity contribution in [1.82, 2.24) is 20.2 Å². The van der Waals surface area contributed by atoms with E-state index in [0.29, 0.717) is 36.8 Å². The Morgan fingerprint density at radius 3 is 2.55 bits per heavy atom. The Kier molecular flexibility index (Phi) is 9.48. The summed E-state index contributed by atoms with van der Waals surface area (Å²) >= 11 is 6.08. The van der Waals surface area contributed by atoms with Crippen molar-refractivity contribution in [2.24, 2.45) is 5.73 Å². The van der Waals surface area contributed by atoms with Crippen LogP contribution in [0.4, 0.5) is 13.2 Å². The van der Waals surface area contributed by atoms with E-state index in [9.17, 15) is 22.8 Å². The van der Waals surface area contributed by atoms with Gasteiger partial charge in [-0.2, -0.15) is 13.2 Å². The Morgan fingerprint density at radius 1 is 1.18 bits per heavy atom. The number of halogens is 4. The van der Waals surface area contributed by atoms with Crippen LogP contribution in [0.5, 0.6) is 0 Å². The molecule has 1 saturated heterocycles. The zero-order valence-electron chi connectivity index (χ0n) is 20.0. The van der Waals surface area contributed by atoms with Crippen molar-refractivity contribution in [1.29, 1.82) is 0 Å². The second kappa shape index (κ2) is 12.6. The maximum atomic E-state index is 13.1. The fraction of sp³-hybridized carbons (Fsp3) is 0.280. The van der Waals surface area contributed by atoms with E-state index in [1.54, 1.807) is 41.7 Å². The van der Waals surface area contributed by atoms with Gasteiger partial charge in [0.05, 0.1) is 0 Å². The zero-order valence-corrected chi connectivity index (χ0v) is 20.7. The number of rotatable bonds is 6. The molecule has 1 fully saturated rings. The normalized spacial score (nSPS) is 15.0. The lowest BCUT2D eigenvalue weighted by Gasteiger charge is -2.23. The van der Waals surface area contributed by atoms with Gasteiger partial charge in [0.25, 0.3) is 5.91 Å². The summed E-state index contributed by atoms with van der Waals surface area (Å²) in [6.07, 6.45) is 1.56. The van der Waals surface area contributed by atoms with Gasteiger partial charge in [-0.15, -0.1) is 0 Å². The van der Waals surface area contributed by atoms with Gasteiger partial charge in [0.2, 0.25) is 5.91 Å². The predicted octanol–water partition coefficient (Wildman–Crippen LogP) is 3.74. The molecule has 2 aromatic heterocycles. The van der Waals surface area contributed by atoms with E-state index < -0.39 is 18.2 Å². The number of amides is 2. The second-order valence-corrected chi connectivity index (χ2v) is 8.77. The molecule has 1 aliphatic rings. The monoisotopic (exact) mass is 551 g/mol. The second-order valence-electron chi connectivity index (χ2n) is 8.34. The Bertz CT molecular complexity index is 1280. The van der Waals surface area contributed by atoms with Crippen LogP contribution in [0.3, 0.4) is 0 Å². The minimum atomic E-state index is -5.08. The van der Waals surface area contributed by atoms with Gasteiger partial charge >= 0.3 is 12.1 Å². The first kappa shape index (κ1) is 28.7. The molecule has 0 radical (unpaired) electrons. The first-order valence-corrected chi connectivity index (χ1v) is 11.8. The van der Waals surface area contributed by atoms with Crippen molar-refractivity contribution in [2.45, 2.75) is 38.1 Å². The number of carbonyl (C=O) groups is 3. The molecule has 5 N–H and O–H groups in total. The SMILES string of the molecule is NCc1ccc(Cl)cc1CNC(=O)[C@@H]1CCCN1C(=O)c1cc(-c2cccnc2)c[nH]1.O=C(O)C(F)(F)F. The van der Waals surface area contributed by atoms with Gasteiger partial charge in [-0.3, -0.25) is 14.6 Å². The van der Waals surface area contributed by atoms with Crippen LogP contribution in [0.25, 0.3) is 11.1 Å².